The lowest BCUT2D eigenvalue weighted by Crippen LogP contribution is -2.58. The average Bonchev–Trinajstić information content (AvgIpc) is 3.98. The molecule has 3 aliphatic heterocycles. The topological polar surface area (TPSA) is 181 Å². The van der Waals surface area contributed by atoms with E-state index in [1.54, 1.807) is 4.90 Å². The van der Waals surface area contributed by atoms with Gasteiger partial charge in [0.05, 0.1) is 24.9 Å². The normalized spacial score (nSPS) is 29.1. The van der Waals surface area contributed by atoms with Gasteiger partial charge in [0.25, 0.3) is 5.91 Å². The maximum atomic E-state index is 14.2. The second-order valence-electron chi connectivity index (χ2n) is 14.1. The van der Waals surface area contributed by atoms with Crippen LogP contribution in [0.2, 0.25) is 0 Å². The Morgan fingerprint density at radius 2 is 1.92 bits per heavy atom. The number of allylic oxidation sites excluding steroid dienone is 1. The first-order chi connectivity index (χ1) is 24.0. The molecule has 1 aromatic rings. The molecule has 3 N–H and O–H groups in total. The van der Waals surface area contributed by atoms with Crippen LogP contribution in [0.25, 0.3) is 6.08 Å². The molecule has 5 aliphatic rings. The fraction of sp³-hybridized carbons (Fsp3) is 0.629. The number of rotatable bonds is 9. The van der Waals surface area contributed by atoms with E-state index in [2.05, 4.69) is 15.4 Å². The number of nitrogens with one attached hydrogen (secondary N) is 3. The van der Waals surface area contributed by atoms with Crippen LogP contribution in [0.1, 0.15) is 94.7 Å². The number of alkyl carbamates (subject to hydrolysis) is 1. The van der Waals surface area contributed by atoms with Crippen molar-refractivity contribution < 1.29 is 41.9 Å². The molecule has 15 heteroatoms. The fourth-order valence-electron chi connectivity index (χ4n) is 7.25. The van der Waals surface area contributed by atoms with E-state index in [1.165, 1.54) is 4.90 Å². The Morgan fingerprint density at radius 1 is 1.12 bits per heavy atom. The summed E-state index contributed by atoms with van der Waals surface area (Å²) in [6.45, 7) is 4.54. The number of fused-ring (bicyclic) bond motifs is 3. The number of ether oxygens (including phenoxy) is 2. The van der Waals surface area contributed by atoms with Gasteiger partial charge in [-0.15, -0.1) is 0 Å². The van der Waals surface area contributed by atoms with Gasteiger partial charge < -0.3 is 25.0 Å². The van der Waals surface area contributed by atoms with Crippen molar-refractivity contribution in [3.8, 4) is 0 Å². The number of benzene rings is 1. The number of hydrogen-bond donors (Lipinski definition) is 3. The molecule has 0 unspecified atom stereocenters. The second-order valence-corrected chi connectivity index (χ2v) is 16.0. The van der Waals surface area contributed by atoms with Gasteiger partial charge in [-0.3, -0.25) is 24.0 Å². The third-order valence-corrected chi connectivity index (χ3v) is 12.2. The van der Waals surface area contributed by atoms with E-state index in [4.69, 9.17) is 9.47 Å². The molecule has 50 heavy (non-hydrogen) atoms. The van der Waals surface area contributed by atoms with Crippen LogP contribution in [0.15, 0.2) is 24.3 Å². The summed E-state index contributed by atoms with van der Waals surface area (Å²) in [4.78, 5) is 71.0. The highest BCUT2D eigenvalue weighted by molar-refractivity contribution is 7.91. The van der Waals surface area contributed by atoms with Crippen LogP contribution in [-0.2, 0) is 47.0 Å². The van der Waals surface area contributed by atoms with Crippen molar-refractivity contribution in [3.05, 3.63) is 41.0 Å². The van der Waals surface area contributed by atoms with Crippen LogP contribution in [-0.4, -0.2) is 90.3 Å². The first-order valence-corrected chi connectivity index (χ1v) is 19.3. The molecule has 5 amide bonds. The Morgan fingerprint density at radius 3 is 2.64 bits per heavy atom. The highest BCUT2D eigenvalue weighted by Gasteiger charge is 2.62. The molecular formula is C35H47N5O9S. The van der Waals surface area contributed by atoms with Gasteiger partial charge in [-0.25, -0.2) is 18.0 Å². The molecule has 1 saturated heterocycles. The van der Waals surface area contributed by atoms with Gasteiger partial charge >= 0.3 is 12.2 Å². The maximum absolute atomic E-state index is 14.2. The van der Waals surface area contributed by atoms with E-state index in [0.717, 1.165) is 23.1 Å². The van der Waals surface area contributed by atoms with E-state index in [0.29, 0.717) is 58.0 Å². The molecule has 3 heterocycles. The lowest BCUT2D eigenvalue weighted by Gasteiger charge is -2.29. The number of amides is 5. The van der Waals surface area contributed by atoms with E-state index < -0.39 is 68.9 Å². The predicted molar refractivity (Wildman–Crippen MR) is 181 cm³/mol. The smallest absolute Gasteiger partial charge is 0.410 e. The Kier molecular flexibility index (Phi) is 10.4. The zero-order chi connectivity index (χ0) is 35.6. The molecule has 1 aromatic carbocycles. The van der Waals surface area contributed by atoms with Gasteiger partial charge in [-0.2, -0.15) is 0 Å². The van der Waals surface area contributed by atoms with Crippen LogP contribution >= 0.6 is 0 Å². The van der Waals surface area contributed by atoms with Crippen molar-refractivity contribution in [2.75, 3.05) is 13.2 Å². The molecule has 0 spiro atoms. The SMILES string of the molecule is CCCC[C@@H]1NC(=O)OCCC/C=C/c2cccc3c2CN(C3)C(=O)O[C@@H]2C[C@@H](C(=O)N[C@]3(C(=O)NS(=O)(=O)C4CC4)C[C@@H]3CC)N(C2)C1=O. The zero-order valence-corrected chi connectivity index (χ0v) is 29.5. The number of carbonyl (C=O) groups excluding carboxylic acids is 5. The lowest BCUT2D eigenvalue weighted by molar-refractivity contribution is -0.141. The molecule has 2 saturated carbocycles. The van der Waals surface area contributed by atoms with Crippen LogP contribution in [0.4, 0.5) is 9.59 Å². The average molecular weight is 714 g/mol. The number of unbranched alkanes of at least 4 members (excludes halogenated alkanes) is 1. The quantitative estimate of drug-likeness (QED) is 0.347. The lowest BCUT2D eigenvalue weighted by atomic mass is 10.0. The Balaban J connectivity index is 1.25. The molecule has 5 atom stereocenters. The predicted octanol–water partition coefficient (Wildman–Crippen LogP) is 3.09. The second kappa shape index (κ2) is 14.6. The van der Waals surface area contributed by atoms with Crippen molar-refractivity contribution in [1.29, 1.82) is 0 Å². The molecule has 0 radical (unpaired) electrons. The molecule has 14 nitrogen and oxygen atoms in total. The fourth-order valence-corrected chi connectivity index (χ4v) is 8.61. The summed E-state index contributed by atoms with van der Waals surface area (Å²) in [5.41, 5.74) is 1.55. The standard InChI is InChI=1S/C35H47N5O9S/c1-3-5-13-28-31(42)40-20-25(17-29(40)30(41)37-35(18-24(35)4-2)32(43)38-50(46,47)26-14-15-26)49-34(45)39-19-23-12-9-11-22(27(23)21-39)10-7-6-8-16-48-33(44)36-28/h7,9-12,24-26,28-29H,3-6,8,13-21H2,1-2H3,(H,36,44)(H,37,41)(H,38,43)/b10-7+/t24-,25+,28-,29-,35+/m0/s1. The molecular weight excluding hydrogens is 666 g/mol. The summed E-state index contributed by atoms with van der Waals surface area (Å²) in [7, 11) is -3.86. The highest BCUT2D eigenvalue weighted by Crippen LogP contribution is 2.47. The number of hydrogen-bond acceptors (Lipinski definition) is 9. The molecule has 3 fully saturated rings. The van der Waals surface area contributed by atoms with Crippen LogP contribution in [0.3, 0.4) is 0 Å². The molecule has 0 aromatic heterocycles. The van der Waals surface area contributed by atoms with Crippen molar-refractivity contribution in [1.82, 2.24) is 25.2 Å². The van der Waals surface area contributed by atoms with Crippen molar-refractivity contribution >= 4 is 46.0 Å². The summed E-state index contributed by atoms with van der Waals surface area (Å²) >= 11 is 0. The van der Waals surface area contributed by atoms with Crippen molar-refractivity contribution in [3.63, 3.8) is 0 Å². The molecule has 4 bridgehead atoms. The minimum atomic E-state index is -3.86. The van der Waals surface area contributed by atoms with Gasteiger partial charge in [-0.1, -0.05) is 63.5 Å². The first kappa shape index (κ1) is 35.7. The Hall–Kier alpha value is -4.14. The molecule has 2 aliphatic carbocycles. The number of carbonyl (C=O) groups is 5. The van der Waals surface area contributed by atoms with E-state index in [9.17, 15) is 32.4 Å². The van der Waals surface area contributed by atoms with Gasteiger partial charge in [0, 0.05) is 13.0 Å². The summed E-state index contributed by atoms with van der Waals surface area (Å²) in [6.07, 6.45) is 6.35. The van der Waals surface area contributed by atoms with Crippen LogP contribution in [0.5, 0.6) is 0 Å². The van der Waals surface area contributed by atoms with Gasteiger partial charge in [0.1, 0.15) is 23.7 Å². The minimum Gasteiger partial charge on any atom is -0.450 e. The number of nitrogens with zero attached hydrogens (tertiary/aromatic N) is 2. The third kappa shape index (κ3) is 7.62. The van der Waals surface area contributed by atoms with Crippen molar-refractivity contribution in [2.45, 2.75) is 120 Å². The van der Waals surface area contributed by atoms with E-state index in [1.807, 2.05) is 44.2 Å². The Labute approximate surface area is 292 Å². The van der Waals surface area contributed by atoms with Crippen LogP contribution < -0.4 is 15.4 Å². The zero-order valence-electron chi connectivity index (χ0n) is 28.6. The summed E-state index contributed by atoms with van der Waals surface area (Å²) in [6, 6.07) is 3.72. The highest BCUT2D eigenvalue weighted by atomic mass is 32.2. The van der Waals surface area contributed by atoms with Gasteiger partial charge in [0.2, 0.25) is 21.8 Å². The Bertz CT molecular complexity index is 1660. The first-order valence-electron chi connectivity index (χ1n) is 17.8. The van der Waals surface area contributed by atoms with Crippen LogP contribution in [0, 0.1) is 5.92 Å². The monoisotopic (exact) mass is 713 g/mol. The number of sulfonamides is 1. The molecule has 272 valence electrons. The minimum absolute atomic E-state index is 0.0438. The summed E-state index contributed by atoms with van der Waals surface area (Å²) in [5.74, 6) is -2.27. The number of cyclic esters (lactones) is 1. The van der Waals surface area contributed by atoms with E-state index in [-0.39, 0.29) is 31.9 Å². The van der Waals surface area contributed by atoms with Gasteiger partial charge in [0.15, 0.2) is 0 Å². The van der Waals surface area contributed by atoms with Crippen molar-refractivity contribution in [2.24, 2.45) is 5.92 Å². The van der Waals surface area contributed by atoms with E-state index >= 15 is 0 Å². The van der Waals surface area contributed by atoms with Gasteiger partial charge in [-0.05, 0) is 61.1 Å². The summed E-state index contributed by atoms with van der Waals surface area (Å²) < 4.78 is 38.8. The largest absolute Gasteiger partial charge is 0.450 e. The maximum Gasteiger partial charge on any atom is 0.410 e. The summed E-state index contributed by atoms with van der Waals surface area (Å²) in [5, 5.41) is 4.87. The third-order valence-electron chi connectivity index (χ3n) is 10.4. The molecule has 6 rings (SSSR count).